The Morgan fingerprint density at radius 3 is 2.40 bits per heavy atom. The molecule has 0 heteroatoms. The van der Waals surface area contributed by atoms with Crippen molar-refractivity contribution in [2.45, 2.75) is 46.0 Å². The van der Waals surface area contributed by atoms with Crippen LogP contribution in [0.1, 0.15) is 46.0 Å². The Hall–Kier alpha value is -0.260. The quantitative estimate of drug-likeness (QED) is 0.389. The molecule has 0 spiro atoms. The largest absolute Gasteiger partial charge is 0.103 e. The van der Waals surface area contributed by atoms with Crippen molar-refractivity contribution in [3.63, 3.8) is 0 Å². The first-order valence-corrected chi connectivity index (χ1v) is 4.47. The maximum atomic E-state index is 3.81. The maximum absolute atomic E-state index is 3.81. The van der Waals surface area contributed by atoms with Gasteiger partial charge in [0, 0.05) is 0 Å². The summed E-state index contributed by atoms with van der Waals surface area (Å²) in [6.07, 6.45) is 8.77. The fraction of sp³-hybridized carbons (Fsp3) is 0.800. The molecule has 0 fully saturated rings. The van der Waals surface area contributed by atoms with E-state index in [9.17, 15) is 0 Å². The van der Waals surface area contributed by atoms with Gasteiger partial charge in [-0.3, -0.25) is 0 Å². The molecule has 0 unspecified atom stereocenters. The Kier molecular flexibility index (Phi) is 6.68. The lowest BCUT2D eigenvalue weighted by molar-refractivity contribution is 0.527. The Morgan fingerprint density at radius 1 is 1.30 bits per heavy atom. The zero-order valence-corrected chi connectivity index (χ0v) is 7.40. The van der Waals surface area contributed by atoms with Crippen LogP contribution in [0.15, 0.2) is 12.7 Å². The maximum Gasteiger partial charge on any atom is -0.0239 e. The van der Waals surface area contributed by atoms with Gasteiger partial charge in [0.25, 0.3) is 0 Å². The highest BCUT2D eigenvalue weighted by molar-refractivity contribution is 4.77. The SMILES string of the molecule is C=C[C@@H](CC)CCCCC. The van der Waals surface area contributed by atoms with Crippen LogP contribution in [-0.4, -0.2) is 0 Å². The summed E-state index contributed by atoms with van der Waals surface area (Å²) in [5.41, 5.74) is 0. The number of rotatable bonds is 6. The van der Waals surface area contributed by atoms with Gasteiger partial charge < -0.3 is 0 Å². The van der Waals surface area contributed by atoms with Crippen LogP contribution in [-0.2, 0) is 0 Å². The number of hydrogen-bond donors (Lipinski definition) is 0. The van der Waals surface area contributed by atoms with Crippen LogP contribution in [0.2, 0.25) is 0 Å². The second kappa shape index (κ2) is 6.85. The van der Waals surface area contributed by atoms with Crippen LogP contribution in [0.5, 0.6) is 0 Å². The molecule has 0 saturated carbocycles. The summed E-state index contributed by atoms with van der Waals surface area (Å²) in [6, 6.07) is 0. The van der Waals surface area contributed by atoms with E-state index in [4.69, 9.17) is 0 Å². The van der Waals surface area contributed by atoms with E-state index in [1.165, 1.54) is 32.1 Å². The van der Waals surface area contributed by atoms with E-state index in [-0.39, 0.29) is 0 Å². The van der Waals surface area contributed by atoms with Gasteiger partial charge in [-0.05, 0) is 18.8 Å². The molecule has 1 atom stereocenters. The molecule has 0 aromatic carbocycles. The highest BCUT2D eigenvalue weighted by Gasteiger charge is 1.98. The van der Waals surface area contributed by atoms with E-state index in [1.807, 2.05) is 0 Å². The lowest BCUT2D eigenvalue weighted by Gasteiger charge is -2.07. The van der Waals surface area contributed by atoms with E-state index in [1.54, 1.807) is 0 Å². The first kappa shape index (κ1) is 9.74. The van der Waals surface area contributed by atoms with Gasteiger partial charge in [-0.2, -0.15) is 0 Å². The molecule has 0 bridgehead atoms. The smallest absolute Gasteiger partial charge is 0.0239 e. The van der Waals surface area contributed by atoms with Crippen molar-refractivity contribution in [3.8, 4) is 0 Å². The molecule has 0 radical (unpaired) electrons. The summed E-state index contributed by atoms with van der Waals surface area (Å²) in [4.78, 5) is 0. The molecule has 0 amide bonds. The molecule has 0 rings (SSSR count). The standard InChI is InChI=1S/C10H20/c1-4-7-8-9-10(5-2)6-3/h5,10H,2,4,6-9H2,1,3H3/t10-/m0/s1. The van der Waals surface area contributed by atoms with Gasteiger partial charge in [-0.25, -0.2) is 0 Å². The average Bonchev–Trinajstić information content (AvgIpc) is 1.99. The number of unbranched alkanes of at least 4 members (excludes halogenated alkanes) is 2. The second-order valence-corrected chi connectivity index (χ2v) is 2.90. The van der Waals surface area contributed by atoms with Crippen LogP contribution in [0.4, 0.5) is 0 Å². The van der Waals surface area contributed by atoms with Crippen molar-refractivity contribution in [3.05, 3.63) is 12.7 Å². The van der Waals surface area contributed by atoms with E-state index < -0.39 is 0 Å². The summed E-state index contributed by atoms with van der Waals surface area (Å²) >= 11 is 0. The zero-order chi connectivity index (χ0) is 7.82. The first-order valence-electron chi connectivity index (χ1n) is 4.47. The van der Waals surface area contributed by atoms with E-state index in [0.717, 1.165) is 5.92 Å². The Bertz CT molecular complexity index is 74.1. The predicted molar refractivity (Wildman–Crippen MR) is 48.1 cm³/mol. The van der Waals surface area contributed by atoms with Gasteiger partial charge >= 0.3 is 0 Å². The third kappa shape index (κ3) is 4.60. The summed E-state index contributed by atoms with van der Waals surface area (Å²) in [5, 5.41) is 0. The van der Waals surface area contributed by atoms with Crippen molar-refractivity contribution >= 4 is 0 Å². The van der Waals surface area contributed by atoms with Gasteiger partial charge in [0.05, 0.1) is 0 Å². The van der Waals surface area contributed by atoms with Crippen LogP contribution >= 0.6 is 0 Å². The third-order valence-electron chi connectivity index (χ3n) is 2.04. The third-order valence-corrected chi connectivity index (χ3v) is 2.04. The molecule has 0 nitrogen and oxygen atoms in total. The minimum atomic E-state index is 0.770. The molecule has 0 aromatic heterocycles. The highest BCUT2D eigenvalue weighted by atomic mass is 14.0. The van der Waals surface area contributed by atoms with E-state index in [0.29, 0.717) is 0 Å². The van der Waals surface area contributed by atoms with Crippen LogP contribution in [0.3, 0.4) is 0 Å². The monoisotopic (exact) mass is 140 g/mol. The molecule has 60 valence electrons. The Labute approximate surface area is 65.3 Å². The lowest BCUT2D eigenvalue weighted by Crippen LogP contribution is -1.92. The Balaban J connectivity index is 3.17. The van der Waals surface area contributed by atoms with Crippen molar-refractivity contribution in [2.24, 2.45) is 5.92 Å². The van der Waals surface area contributed by atoms with E-state index >= 15 is 0 Å². The van der Waals surface area contributed by atoms with Crippen molar-refractivity contribution in [2.75, 3.05) is 0 Å². The normalized spacial score (nSPS) is 13.0. The molecule has 0 saturated heterocycles. The molecule has 0 aliphatic rings. The fourth-order valence-corrected chi connectivity index (χ4v) is 1.15. The van der Waals surface area contributed by atoms with Crippen LogP contribution in [0, 0.1) is 5.92 Å². The highest BCUT2D eigenvalue weighted by Crippen LogP contribution is 2.13. The zero-order valence-electron chi connectivity index (χ0n) is 7.40. The fourth-order valence-electron chi connectivity index (χ4n) is 1.15. The second-order valence-electron chi connectivity index (χ2n) is 2.90. The van der Waals surface area contributed by atoms with E-state index in [2.05, 4.69) is 26.5 Å². The summed E-state index contributed by atoms with van der Waals surface area (Å²) in [7, 11) is 0. The van der Waals surface area contributed by atoms with Gasteiger partial charge in [-0.15, -0.1) is 6.58 Å². The van der Waals surface area contributed by atoms with Crippen LogP contribution in [0.25, 0.3) is 0 Å². The molecule has 0 N–H and O–H groups in total. The van der Waals surface area contributed by atoms with Crippen molar-refractivity contribution in [1.82, 2.24) is 0 Å². The molecule has 0 aliphatic heterocycles. The van der Waals surface area contributed by atoms with Gasteiger partial charge in [0.1, 0.15) is 0 Å². The predicted octanol–water partition coefficient (Wildman–Crippen LogP) is 3.78. The van der Waals surface area contributed by atoms with Gasteiger partial charge in [0.2, 0.25) is 0 Å². The van der Waals surface area contributed by atoms with Crippen molar-refractivity contribution in [1.29, 1.82) is 0 Å². The molecule has 0 heterocycles. The summed E-state index contributed by atoms with van der Waals surface area (Å²) in [6.45, 7) is 8.29. The minimum absolute atomic E-state index is 0.770. The number of hydrogen-bond acceptors (Lipinski definition) is 0. The molecular weight excluding hydrogens is 120 g/mol. The topological polar surface area (TPSA) is 0 Å². The van der Waals surface area contributed by atoms with Gasteiger partial charge in [0.15, 0.2) is 0 Å². The number of allylic oxidation sites excluding steroid dienone is 1. The van der Waals surface area contributed by atoms with Gasteiger partial charge in [-0.1, -0.05) is 39.2 Å². The molecule has 0 aliphatic carbocycles. The average molecular weight is 140 g/mol. The molecular formula is C10H20. The summed E-state index contributed by atoms with van der Waals surface area (Å²) < 4.78 is 0. The molecule has 10 heavy (non-hydrogen) atoms. The summed E-state index contributed by atoms with van der Waals surface area (Å²) in [5.74, 6) is 0.770. The molecule has 0 aromatic rings. The lowest BCUT2D eigenvalue weighted by atomic mass is 9.99. The van der Waals surface area contributed by atoms with Crippen LogP contribution < -0.4 is 0 Å². The van der Waals surface area contributed by atoms with Crippen molar-refractivity contribution < 1.29 is 0 Å². The first-order chi connectivity index (χ1) is 4.85. The Morgan fingerprint density at radius 2 is 2.00 bits per heavy atom. The minimum Gasteiger partial charge on any atom is -0.103 e.